The molecule has 1 aromatic carbocycles. The van der Waals surface area contributed by atoms with Crippen LogP contribution in [0.1, 0.15) is 5.69 Å². The van der Waals surface area contributed by atoms with Crippen molar-refractivity contribution in [2.24, 2.45) is 0 Å². The molecule has 0 bridgehead atoms. The summed E-state index contributed by atoms with van der Waals surface area (Å²) in [4.78, 5) is 8.93. The number of aromatic nitrogens is 2. The van der Waals surface area contributed by atoms with Gasteiger partial charge < -0.3 is 14.8 Å². The van der Waals surface area contributed by atoms with E-state index in [0.29, 0.717) is 12.4 Å². The number of nitrogens with zero attached hydrogens (tertiary/aromatic N) is 2. The minimum atomic E-state index is 0.453. The summed E-state index contributed by atoms with van der Waals surface area (Å²) in [7, 11) is 5.11. The largest absolute Gasteiger partial charge is 0.497 e. The summed E-state index contributed by atoms with van der Waals surface area (Å²) in [6.07, 6.45) is 0. The first-order valence-corrected chi connectivity index (χ1v) is 5.96. The lowest BCUT2D eigenvalue weighted by Gasteiger charge is -2.08. The number of hydrogen-bond donors (Lipinski definition) is 1. The van der Waals surface area contributed by atoms with Crippen molar-refractivity contribution in [3.63, 3.8) is 0 Å². The summed E-state index contributed by atoms with van der Waals surface area (Å²) in [6, 6.07) is 9.54. The third-order valence-electron chi connectivity index (χ3n) is 2.66. The van der Waals surface area contributed by atoms with E-state index in [4.69, 9.17) is 9.47 Å². The van der Waals surface area contributed by atoms with Gasteiger partial charge in [0.25, 0.3) is 0 Å². The van der Waals surface area contributed by atoms with Crippen LogP contribution in [0.2, 0.25) is 0 Å². The van der Waals surface area contributed by atoms with Gasteiger partial charge >= 0.3 is 0 Å². The molecule has 5 heteroatoms. The smallest absolute Gasteiger partial charge is 0.161 e. The van der Waals surface area contributed by atoms with Crippen molar-refractivity contribution in [1.82, 2.24) is 9.97 Å². The number of nitrogens with one attached hydrogen (secondary N) is 1. The van der Waals surface area contributed by atoms with E-state index >= 15 is 0 Å². The number of benzene rings is 1. The first-order chi connectivity index (χ1) is 9.26. The Balaban J connectivity index is 2.44. The molecular formula is C14H17N3O2. The van der Waals surface area contributed by atoms with Gasteiger partial charge in [0, 0.05) is 25.8 Å². The zero-order valence-corrected chi connectivity index (χ0v) is 11.3. The Hall–Kier alpha value is -2.14. The quantitative estimate of drug-likeness (QED) is 0.893. The predicted octanol–water partition coefficient (Wildman–Crippen LogP) is 2.34. The predicted molar refractivity (Wildman–Crippen MR) is 74.3 cm³/mol. The minimum absolute atomic E-state index is 0.453. The van der Waals surface area contributed by atoms with Gasteiger partial charge in [0.2, 0.25) is 0 Å². The van der Waals surface area contributed by atoms with E-state index in [9.17, 15) is 0 Å². The highest BCUT2D eigenvalue weighted by molar-refractivity contribution is 5.59. The summed E-state index contributed by atoms with van der Waals surface area (Å²) < 4.78 is 10.3. The lowest BCUT2D eigenvalue weighted by Crippen LogP contribution is -2.02. The van der Waals surface area contributed by atoms with Crippen LogP contribution >= 0.6 is 0 Å². The summed E-state index contributed by atoms with van der Waals surface area (Å²) in [5, 5.41) is 3.03. The van der Waals surface area contributed by atoms with Crippen molar-refractivity contribution in [2.45, 2.75) is 6.61 Å². The van der Waals surface area contributed by atoms with E-state index < -0.39 is 0 Å². The average Bonchev–Trinajstić information content (AvgIpc) is 2.47. The number of methoxy groups -OCH3 is 2. The topological polar surface area (TPSA) is 56.3 Å². The Morgan fingerprint density at radius 3 is 2.68 bits per heavy atom. The monoisotopic (exact) mass is 259 g/mol. The fourth-order valence-corrected chi connectivity index (χ4v) is 1.74. The van der Waals surface area contributed by atoms with Crippen molar-refractivity contribution >= 4 is 5.82 Å². The molecule has 0 unspecified atom stereocenters. The molecule has 2 rings (SSSR count). The molecule has 0 saturated carbocycles. The Bertz CT molecular complexity index is 558. The highest BCUT2D eigenvalue weighted by Crippen LogP contribution is 2.22. The average molecular weight is 259 g/mol. The van der Waals surface area contributed by atoms with Gasteiger partial charge in [0.1, 0.15) is 11.6 Å². The van der Waals surface area contributed by atoms with Crippen LogP contribution in [0.3, 0.4) is 0 Å². The molecule has 5 nitrogen and oxygen atoms in total. The van der Waals surface area contributed by atoms with Crippen LogP contribution in [-0.4, -0.2) is 31.2 Å². The molecular weight excluding hydrogens is 242 g/mol. The van der Waals surface area contributed by atoms with Crippen LogP contribution in [-0.2, 0) is 11.3 Å². The SMILES string of the molecule is CNc1cc(COC)nc(-c2cccc(OC)c2)n1. The Morgan fingerprint density at radius 2 is 2.00 bits per heavy atom. The molecule has 0 aliphatic heterocycles. The summed E-state index contributed by atoms with van der Waals surface area (Å²) in [6.45, 7) is 0.453. The normalized spacial score (nSPS) is 10.3. The van der Waals surface area contributed by atoms with Gasteiger partial charge in [-0.25, -0.2) is 9.97 Å². The van der Waals surface area contributed by atoms with Crippen molar-refractivity contribution in [1.29, 1.82) is 0 Å². The van der Waals surface area contributed by atoms with Crippen molar-refractivity contribution in [3.05, 3.63) is 36.0 Å². The van der Waals surface area contributed by atoms with Crippen molar-refractivity contribution < 1.29 is 9.47 Å². The summed E-state index contributed by atoms with van der Waals surface area (Å²) in [5.41, 5.74) is 1.74. The second-order valence-electron chi connectivity index (χ2n) is 3.98. The van der Waals surface area contributed by atoms with Gasteiger partial charge in [-0.15, -0.1) is 0 Å². The maximum absolute atomic E-state index is 5.21. The molecule has 0 aliphatic carbocycles. The molecule has 1 N–H and O–H groups in total. The Kier molecular flexibility index (Phi) is 4.30. The molecule has 100 valence electrons. The molecule has 0 spiro atoms. The molecule has 0 fully saturated rings. The molecule has 0 atom stereocenters. The van der Waals surface area contributed by atoms with E-state index in [2.05, 4.69) is 15.3 Å². The molecule has 1 aromatic heterocycles. The summed E-state index contributed by atoms with van der Waals surface area (Å²) >= 11 is 0. The lowest BCUT2D eigenvalue weighted by atomic mass is 10.2. The standard InChI is InChI=1S/C14H17N3O2/c1-15-13-8-11(9-18-2)16-14(17-13)10-5-4-6-12(7-10)19-3/h4-8H,9H2,1-3H3,(H,15,16,17). The maximum atomic E-state index is 5.21. The third kappa shape index (κ3) is 3.20. The van der Waals surface area contributed by atoms with E-state index in [0.717, 1.165) is 22.8 Å². The van der Waals surface area contributed by atoms with Gasteiger partial charge in [-0.05, 0) is 12.1 Å². The van der Waals surface area contributed by atoms with E-state index in [1.54, 1.807) is 14.2 Å². The van der Waals surface area contributed by atoms with Crippen LogP contribution in [0.15, 0.2) is 30.3 Å². The fraction of sp³-hybridized carbons (Fsp3) is 0.286. The Morgan fingerprint density at radius 1 is 1.16 bits per heavy atom. The molecule has 0 amide bonds. The lowest BCUT2D eigenvalue weighted by molar-refractivity contribution is 0.181. The molecule has 19 heavy (non-hydrogen) atoms. The number of ether oxygens (including phenoxy) is 2. The zero-order valence-electron chi connectivity index (χ0n) is 11.3. The molecule has 0 saturated heterocycles. The van der Waals surface area contributed by atoms with Gasteiger partial charge in [-0.2, -0.15) is 0 Å². The first kappa shape index (κ1) is 13.3. The molecule has 1 heterocycles. The highest BCUT2D eigenvalue weighted by Gasteiger charge is 2.07. The highest BCUT2D eigenvalue weighted by atomic mass is 16.5. The van der Waals surface area contributed by atoms with Crippen LogP contribution < -0.4 is 10.1 Å². The number of rotatable bonds is 5. The van der Waals surface area contributed by atoms with Crippen LogP contribution in [0.25, 0.3) is 11.4 Å². The van der Waals surface area contributed by atoms with Crippen molar-refractivity contribution in [3.8, 4) is 17.1 Å². The molecule has 2 aromatic rings. The second kappa shape index (κ2) is 6.15. The second-order valence-corrected chi connectivity index (χ2v) is 3.98. The maximum Gasteiger partial charge on any atom is 0.161 e. The van der Waals surface area contributed by atoms with Gasteiger partial charge in [0.05, 0.1) is 19.4 Å². The number of hydrogen-bond acceptors (Lipinski definition) is 5. The molecule has 0 radical (unpaired) electrons. The zero-order chi connectivity index (χ0) is 13.7. The van der Waals surface area contributed by atoms with Gasteiger partial charge in [-0.1, -0.05) is 12.1 Å². The van der Waals surface area contributed by atoms with Crippen LogP contribution in [0.4, 0.5) is 5.82 Å². The van der Waals surface area contributed by atoms with Crippen molar-refractivity contribution in [2.75, 3.05) is 26.6 Å². The Labute approximate surface area is 112 Å². The van der Waals surface area contributed by atoms with E-state index in [-0.39, 0.29) is 0 Å². The first-order valence-electron chi connectivity index (χ1n) is 5.96. The van der Waals surface area contributed by atoms with E-state index in [1.807, 2.05) is 37.4 Å². The summed E-state index contributed by atoms with van der Waals surface area (Å²) in [5.74, 6) is 2.20. The van der Waals surface area contributed by atoms with Crippen LogP contribution in [0.5, 0.6) is 5.75 Å². The van der Waals surface area contributed by atoms with E-state index in [1.165, 1.54) is 0 Å². The van der Waals surface area contributed by atoms with Gasteiger partial charge in [-0.3, -0.25) is 0 Å². The van der Waals surface area contributed by atoms with Gasteiger partial charge in [0.15, 0.2) is 5.82 Å². The number of anilines is 1. The third-order valence-corrected chi connectivity index (χ3v) is 2.66. The minimum Gasteiger partial charge on any atom is -0.497 e. The van der Waals surface area contributed by atoms with Crippen LogP contribution in [0, 0.1) is 0 Å². The fourth-order valence-electron chi connectivity index (χ4n) is 1.74. The molecule has 0 aliphatic rings.